The fourth-order valence-corrected chi connectivity index (χ4v) is 2.08. The van der Waals surface area contributed by atoms with Gasteiger partial charge < -0.3 is 21.7 Å². The number of carbonyl (C=O) groups excluding carboxylic acids is 2. The predicted octanol–water partition coefficient (Wildman–Crippen LogP) is 1.74. The molecule has 3 amide bonds. The van der Waals surface area contributed by atoms with Crippen molar-refractivity contribution < 1.29 is 9.59 Å². The van der Waals surface area contributed by atoms with Crippen molar-refractivity contribution in [3.63, 3.8) is 0 Å². The number of nitrogens with one attached hydrogen (secondary N) is 3. The van der Waals surface area contributed by atoms with Gasteiger partial charge in [0.05, 0.1) is 6.04 Å². The fourth-order valence-electron chi connectivity index (χ4n) is 2.08. The van der Waals surface area contributed by atoms with E-state index >= 15 is 0 Å². The Labute approximate surface area is 125 Å². The summed E-state index contributed by atoms with van der Waals surface area (Å²) in [6.45, 7) is 6.77. The zero-order valence-corrected chi connectivity index (χ0v) is 12.8. The Morgan fingerprint density at radius 3 is 2.33 bits per heavy atom. The lowest BCUT2D eigenvalue weighted by Gasteiger charge is -2.17. The van der Waals surface area contributed by atoms with Gasteiger partial charge in [-0.05, 0) is 38.1 Å². The minimum Gasteiger partial charge on any atom is -0.351 e. The number of benzene rings is 1. The smallest absolute Gasteiger partial charge is 0.316 e. The number of anilines is 1. The van der Waals surface area contributed by atoms with Crippen LogP contribution >= 0.6 is 0 Å². The molecule has 0 aliphatic carbocycles. The molecule has 6 heteroatoms. The molecular formula is C15H24N4O2. The van der Waals surface area contributed by atoms with Crippen molar-refractivity contribution in [3.05, 3.63) is 29.8 Å². The predicted molar refractivity (Wildman–Crippen MR) is 84.0 cm³/mol. The third-order valence-corrected chi connectivity index (χ3v) is 3.10. The van der Waals surface area contributed by atoms with Gasteiger partial charge in [0.2, 0.25) is 5.91 Å². The Morgan fingerprint density at radius 2 is 1.81 bits per heavy atom. The van der Waals surface area contributed by atoms with Crippen molar-refractivity contribution in [1.82, 2.24) is 10.6 Å². The van der Waals surface area contributed by atoms with Gasteiger partial charge in [0.25, 0.3) is 0 Å². The maximum Gasteiger partial charge on any atom is 0.316 e. The van der Waals surface area contributed by atoms with Gasteiger partial charge in [0.1, 0.15) is 0 Å². The molecule has 0 aliphatic heterocycles. The van der Waals surface area contributed by atoms with Crippen LogP contribution in [0.5, 0.6) is 0 Å². The molecule has 0 aliphatic rings. The number of hydrogen-bond acceptors (Lipinski definition) is 3. The van der Waals surface area contributed by atoms with Crippen molar-refractivity contribution in [2.24, 2.45) is 5.73 Å². The summed E-state index contributed by atoms with van der Waals surface area (Å²) in [5.74, 6) is 0.00953. The number of hydrogen-bond donors (Lipinski definition) is 4. The first-order valence-electron chi connectivity index (χ1n) is 7.11. The number of amides is 3. The Kier molecular flexibility index (Phi) is 6.68. The topological polar surface area (TPSA) is 96.2 Å². The normalized spacial score (nSPS) is 13.3. The highest BCUT2D eigenvalue weighted by atomic mass is 16.2. The summed E-state index contributed by atoms with van der Waals surface area (Å²) in [5, 5.41) is 8.65. The van der Waals surface area contributed by atoms with Crippen LogP contribution in [0.25, 0.3) is 0 Å². The molecule has 0 saturated heterocycles. The maximum absolute atomic E-state index is 11.9. The Balaban J connectivity index is 2.53. The first-order chi connectivity index (χ1) is 9.92. The number of carbonyl (C=O) groups is 2. The average molecular weight is 292 g/mol. The van der Waals surface area contributed by atoms with Crippen LogP contribution in [0.4, 0.5) is 10.5 Å². The zero-order chi connectivity index (χ0) is 15.8. The van der Waals surface area contributed by atoms with E-state index in [9.17, 15) is 9.59 Å². The first kappa shape index (κ1) is 17.0. The Bertz CT molecular complexity index is 473. The summed E-state index contributed by atoms with van der Waals surface area (Å²) >= 11 is 0. The number of nitrogens with two attached hydrogens (primary N) is 1. The van der Waals surface area contributed by atoms with E-state index in [1.165, 1.54) is 0 Å². The highest BCUT2D eigenvalue weighted by Crippen LogP contribution is 2.16. The molecule has 116 valence electrons. The Morgan fingerprint density at radius 1 is 1.19 bits per heavy atom. The van der Waals surface area contributed by atoms with Crippen LogP contribution in [0, 0.1) is 0 Å². The molecule has 0 fully saturated rings. The molecule has 1 aromatic rings. The SMILES string of the molecule is CCNC(C)CC(=O)NC(C)c1ccc(NC(N)=O)cc1. The van der Waals surface area contributed by atoms with Crippen molar-refractivity contribution in [1.29, 1.82) is 0 Å². The minimum absolute atomic E-state index is 0.00953. The third kappa shape index (κ3) is 6.27. The van der Waals surface area contributed by atoms with Gasteiger partial charge in [-0.25, -0.2) is 4.79 Å². The van der Waals surface area contributed by atoms with E-state index in [0.29, 0.717) is 12.1 Å². The van der Waals surface area contributed by atoms with Gasteiger partial charge >= 0.3 is 6.03 Å². The highest BCUT2D eigenvalue weighted by molar-refractivity contribution is 5.87. The van der Waals surface area contributed by atoms with Crippen molar-refractivity contribution in [3.8, 4) is 0 Å². The molecule has 1 aromatic carbocycles. The third-order valence-electron chi connectivity index (χ3n) is 3.10. The van der Waals surface area contributed by atoms with Crippen molar-refractivity contribution in [2.45, 2.75) is 39.3 Å². The largest absolute Gasteiger partial charge is 0.351 e. The van der Waals surface area contributed by atoms with Gasteiger partial charge in [-0.3, -0.25) is 4.79 Å². The van der Waals surface area contributed by atoms with Gasteiger partial charge in [-0.2, -0.15) is 0 Å². The van der Waals surface area contributed by atoms with Gasteiger partial charge in [-0.15, -0.1) is 0 Å². The maximum atomic E-state index is 11.9. The molecule has 0 saturated carbocycles. The van der Waals surface area contributed by atoms with E-state index in [0.717, 1.165) is 12.1 Å². The van der Waals surface area contributed by atoms with Gasteiger partial charge in [0, 0.05) is 18.2 Å². The van der Waals surface area contributed by atoms with Crippen LogP contribution in [0.2, 0.25) is 0 Å². The second kappa shape index (κ2) is 8.26. The standard InChI is InChI=1S/C15H24N4O2/c1-4-17-10(2)9-14(20)18-11(3)12-5-7-13(8-6-12)19-15(16)21/h5-8,10-11,17H,4,9H2,1-3H3,(H,18,20)(H3,16,19,21). The summed E-state index contributed by atoms with van der Waals surface area (Å²) in [4.78, 5) is 22.6. The van der Waals surface area contributed by atoms with Crippen LogP contribution < -0.4 is 21.7 Å². The lowest BCUT2D eigenvalue weighted by molar-refractivity contribution is -0.122. The molecule has 0 radical (unpaired) electrons. The van der Waals surface area contributed by atoms with E-state index in [1.54, 1.807) is 12.1 Å². The molecule has 2 atom stereocenters. The average Bonchev–Trinajstić information content (AvgIpc) is 2.38. The summed E-state index contributed by atoms with van der Waals surface area (Å²) in [6.07, 6.45) is 0.444. The monoisotopic (exact) mass is 292 g/mol. The second-order valence-corrected chi connectivity index (χ2v) is 5.06. The zero-order valence-electron chi connectivity index (χ0n) is 12.8. The van der Waals surface area contributed by atoms with Crippen LogP contribution in [0.15, 0.2) is 24.3 Å². The second-order valence-electron chi connectivity index (χ2n) is 5.06. The molecule has 0 bridgehead atoms. The molecule has 2 unspecified atom stereocenters. The highest BCUT2D eigenvalue weighted by Gasteiger charge is 2.12. The summed E-state index contributed by atoms with van der Waals surface area (Å²) in [5.41, 5.74) is 6.64. The van der Waals surface area contributed by atoms with Crippen molar-refractivity contribution in [2.75, 3.05) is 11.9 Å². The van der Waals surface area contributed by atoms with Crippen LogP contribution in [0.1, 0.15) is 38.8 Å². The molecule has 21 heavy (non-hydrogen) atoms. The Hall–Kier alpha value is -2.08. The number of primary amides is 1. The van der Waals surface area contributed by atoms with E-state index in [4.69, 9.17) is 5.73 Å². The lowest BCUT2D eigenvalue weighted by Crippen LogP contribution is -2.34. The van der Waals surface area contributed by atoms with Gasteiger partial charge in [0.15, 0.2) is 0 Å². The molecule has 6 nitrogen and oxygen atoms in total. The lowest BCUT2D eigenvalue weighted by atomic mass is 10.1. The van der Waals surface area contributed by atoms with E-state index in [1.807, 2.05) is 32.9 Å². The first-order valence-corrected chi connectivity index (χ1v) is 7.11. The van der Waals surface area contributed by atoms with Crippen LogP contribution in [0.3, 0.4) is 0 Å². The summed E-state index contributed by atoms with van der Waals surface area (Å²) in [7, 11) is 0. The quantitative estimate of drug-likeness (QED) is 0.616. The molecule has 1 rings (SSSR count). The summed E-state index contributed by atoms with van der Waals surface area (Å²) in [6, 6.07) is 6.68. The van der Waals surface area contributed by atoms with Crippen LogP contribution in [-0.4, -0.2) is 24.5 Å². The van der Waals surface area contributed by atoms with E-state index < -0.39 is 6.03 Å². The van der Waals surface area contributed by atoms with E-state index in [2.05, 4.69) is 16.0 Å². The fraction of sp³-hybridized carbons (Fsp3) is 0.467. The molecule has 0 heterocycles. The molecule has 0 spiro atoms. The van der Waals surface area contributed by atoms with E-state index in [-0.39, 0.29) is 18.0 Å². The molecular weight excluding hydrogens is 268 g/mol. The number of rotatable bonds is 7. The van der Waals surface area contributed by atoms with Crippen LogP contribution in [-0.2, 0) is 4.79 Å². The molecule has 0 aromatic heterocycles. The van der Waals surface area contributed by atoms with Gasteiger partial charge in [-0.1, -0.05) is 19.1 Å². The molecule has 5 N–H and O–H groups in total. The minimum atomic E-state index is -0.596. The summed E-state index contributed by atoms with van der Waals surface area (Å²) < 4.78 is 0. The number of urea groups is 1. The van der Waals surface area contributed by atoms with Crippen molar-refractivity contribution >= 4 is 17.6 Å².